The fraction of sp³-hybridized carbons (Fsp3) is 0.636. The number of amides is 1. The number of rotatable bonds is 9. The highest BCUT2D eigenvalue weighted by atomic mass is 16.5. The van der Waals surface area contributed by atoms with Crippen LogP contribution in [0.5, 0.6) is 0 Å². The third-order valence-corrected chi connectivity index (χ3v) is 4.63. The first-order valence-corrected chi connectivity index (χ1v) is 10.7. The van der Waals surface area contributed by atoms with Gasteiger partial charge in [-0.3, -0.25) is 9.69 Å². The summed E-state index contributed by atoms with van der Waals surface area (Å²) in [5, 5.41) is 9.51. The van der Waals surface area contributed by atoms with Crippen molar-refractivity contribution in [2.24, 2.45) is 10.9 Å². The first-order chi connectivity index (χ1) is 14.0. The number of nitrogens with zero attached hydrogens (tertiary/aromatic N) is 2. The number of ether oxygens (including phenoxy) is 1. The second-order valence-corrected chi connectivity index (χ2v) is 7.78. The van der Waals surface area contributed by atoms with Crippen molar-refractivity contribution >= 4 is 11.9 Å². The van der Waals surface area contributed by atoms with Gasteiger partial charge in [0.1, 0.15) is 0 Å². The zero-order chi connectivity index (χ0) is 21.1. The molecule has 162 valence electrons. The Hall–Kier alpha value is -2.12. The monoisotopic (exact) mass is 403 g/mol. The summed E-state index contributed by atoms with van der Waals surface area (Å²) in [7, 11) is 0. The molecule has 1 aliphatic heterocycles. The predicted molar refractivity (Wildman–Crippen MR) is 118 cm³/mol. The molecular weight excluding hydrogens is 366 g/mol. The number of hydrogen-bond acceptors (Lipinski definition) is 4. The van der Waals surface area contributed by atoms with Gasteiger partial charge in [0.15, 0.2) is 5.96 Å². The van der Waals surface area contributed by atoms with E-state index >= 15 is 0 Å². The summed E-state index contributed by atoms with van der Waals surface area (Å²) in [6, 6.07) is 7.61. The van der Waals surface area contributed by atoms with Crippen molar-refractivity contribution in [3.8, 4) is 0 Å². The van der Waals surface area contributed by atoms with Gasteiger partial charge in [0, 0.05) is 44.8 Å². The Kier molecular flexibility index (Phi) is 9.94. The highest BCUT2D eigenvalue weighted by molar-refractivity contribution is 5.94. The first-order valence-electron chi connectivity index (χ1n) is 10.7. The van der Waals surface area contributed by atoms with E-state index in [4.69, 9.17) is 4.74 Å². The second kappa shape index (κ2) is 12.4. The first kappa shape index (κ1) is 23.2. The number of morpholine rings is 1. The highest BCUT2D eigenvalue weighted by Crippen LogP contribution is 2.08. The topological polar surface area (TPSA) is 78.0 Å². The van der Waals surface area contributed by atoms with E-state index in [1.54, 1.807) is 0 Å². The number of guanidine groups is 1. The van der Waals surface area contributed by atoms with Crippen LogP contribution in [0.1, 0.15) is 43.6 Å². The van der Waals surface area contributed by atoms with E-state index in [9.17, 15) is 4.79 Å². The Morgan fingerprint density at radius 1 is 1.24 bits per heavy atom. The van der Waals surface area contributed by atoms with Crippen molar-refractivity contribution < 1.29 is 9.53 Å². The number of benzene rings is 1. The van der Waals surface area contributed by atoms with E-state index in [2.05, 4.69) is 39.7 Å². The fourth-order valence-electron chi connectivity index (χ4n) is 3.38. The maximum Gasteiger partial charge on any atom is 0.251 e. The lowest BCUT2D eigenvalue weighted by molar-refractivity contribution is -0.0284. The van der Waals surface area contributed by atoms with Crippen LogP contribution < -0.4 is 16.0 Å². The third-order valence-electron chi connectivity index (χ3n) is 4.63. The smallest absolute Gasteiger partial charge is 0.251 e. The van der Waals surface area contributed by atoms with Crippen molar-refractivity contribution in [2.75, 3.05) is 45.9 Å². The van der Waals surface area contributed by atoms with E-state index in [0.717, 1.165) is 50.9 Å². The standard InChI is InChI=1S/C22H37N5O2/c1-5-23-21(28)19-9-7-8-18(12-19)13-25-22(24-6-2)26-14-20-16-27(10-11-29-20)15-17(3)4/h7-9,12,17,20H,5-6,10-11,13-16H2,1-4H3,(H,23,28)(H2,24,25,26). The van der Waals surface area contributed by atoms with Crippen molar-refractivity contribution in [3.05, 3.63) is 35.4 Å². The Balaban J connectivity index is 1.91. The van der Waals surface area contributed by atoms with E-state index in [0.29, 0.717) is 24.6 Å². The lowest BCUT2D eigenvalue weighted by Gasteiger charge is -2.34. The number of carbonyl (C=O) groups is 1. The Morgan fingerprint density at radius 3 is 2.76 bits per heavy atom. The van der Waals surface area contributed by atoms with Crippen molar-refractivity contribution in [1.29, 1.82) is 0 Å². The van der Waals surface area contributed by atoms with Crippen molar-refractivity contribution in [3.63, 3.8) is 0 Å². The molecule has 2 rings (SSSR count). The molecule has 3 N–H and O–H groups in total. The van der Waals surface area contributed by atoms with E-state index in [1.807, 2.05) is 38.1 Å². The average Bonchev–Trinajstić information content (AvgIpc) is 2.70. The van der Waals surface area contributed by atoms with Gasteiger partial charge in [-0.1, -0.05) is 26.0 Å². The van der Waals surface area contributed by atoms with E-state index in [-0.39, 0.29) is 12.0 Å². The Morgan fingerprint density at radius 2 is 2.03 bits per heavy atom. The van der Waals surface area contributed by atoms with Crippen LogP contribution in [0.3, 0.4) is 0 Å². The predicted octanol–water partition coefficient (Wildman–Crippen LogP) is 1.85. The second-order valence-electron chi connectivity index (χ2n) is 7.78. The van der Waals surface area contributed by atoms with Gasteiger partial charge in [-0.25, -0.2) is 4.99 Å². The van der Waals surface area contributed by atoms with E-state index in [1.165, 1.54) is 0 Å². The fourth-order valence-corrected chi connectivity index (χ4v) is 3.38. The van der Waals surface area contributed by atoms with Crippen LogP contribution in [0, 0.1) is 5.92 Å². The molecule has 0 radical (unpaired) electrons. The maximum absolute atomic E-state index is 12.0. The van der Waals surface area contributed by atoms with Crippen LogP contribution in [-0.2, 0) is 11.3 Å². The molecule has 1 saturated heterocycles. The molecule has 7 nitrogen and oxygen atoms in total. The van der Waals surface area contributed by atoms with Gasteiger partial charge in [-0.15, -0.1) is 0 Å². The summed E-state index contributed by atoms with van der Waals surface area (Å²) in [6.45, 7) is 14.9. The van der Waals surface area contributed by atoms with Gasteiger partial charge in [-0.2, -0.15) is 0 Å². The molecule has 1 unspecified atom stereocenters. The highest BCUT2D eigenvalue weighted by Gasteiger charge is 2.21. The van der Waals surface area contributed by atoms with Gasteiger partial charge >= 0.3 is 0 Å². The summed E-state index contributed by atoms with van der Waals surface area (Å²) < 4.78 is 5.91. The van der Waals surface area contributed by atoms with Crippen LogP contribution in [0.4, 0.5) is 0 Å². The summed E-state index contributed by atoms with van der Waals surface area (Å²) >= 11 is 0. The summed E-state index contributed by atoms with van der Waals surface area (Å²) in [6.07, 6.45) is 0.160. The van der Waals surface area contributed by atoms with Crippen LogP contribution >= 0.6 is 0 Å². The molecule has 1 aromatic rings. The number of hydrogen-bond donors (Lipinski definition) is 3. The van der Waals surface area contributed by atoms with Gasteiger partial charge in [0.2, 0.25) is 0 Å². The van der Waals surface area contributed by atoms with E-state index < -0.39 is 0 Å². The van der Waals surface area contributed by atoms with Crippen LogP contribution in [-0.4, -0.2) is 68.7 Å². The van der Waals surface area contributed by atoms with Crippen LogP contribution in [0.2, 0.25) is 0 Å². The van der Waals surface area contributed by atoms with Gasteiger partial charge < -0.3 is 20.7 Å². The minimum absolute atomic E-state index is 0.0521. The SMILES string of the molecule is CCNC(=O)c1cccc(CN=C(NCC)NCC2CN(CC(C)C)CCO2)c1. The molecular formula is C22H37N5O2. The normalized spacial score (nSPS) is 18.0. The molecule has 0 bridgehead atoms. The molecule has 0 aliphatic carbocycles. The summed E-state index contributed by atoms with van der Waals surface area (Å²) in [5.41, 5.74) is 1.67. The van der Waals surface area contributed by atoms with Crippen molar-refractivity contribution in [2.45, 2.75) is 40.3 Å². The summed E-state index contributed by atoms with van der Waals surface area (Å²) in [4.78, 5) is 19.2. The number of nitrogens with one attached hydrogen (secondary N) is 3. The minimum atomic E-state index is -0.0521. The number of aliphatic imine (C=N–C) groups is 1. The van der Waals surface area contributed by atoms with Gasteiger partial charge in [0.05, 0.1) is 19.3 Å². The summed E-state index contributed by atoms with van der Waals surface area (Å²) in [5.74, 6) is 1.38. The molecule has 1 aromatic carbocycles. The minimum Gasteiger partial charge on any atom is -0.374 e. The average molecular weight is 404 g/mol. The van der Waals surface area contributed by atoms with Gasteiger partial charge in [-0.05, 0) is 37.5 Å². The Labute approximate surface area is 175 Å². The van der Waals surface area contributed by atoms with Gasteiger partial charge in [0.25, 0.3) is 5.91 Å². The third kappa shape index (κ3) is 8.41. The Bertz CT molecular complexity index is 662. The molecule has 7 heteroatoms. The van der Waals surface area contributed by atoms with Crippen LogP contribution in [0.15, 0.2) is 29.3 Å². The quantitative estimate of drug-likeness (QED) is 0.433. The molecule has 1 atom stereocenters. The molecule has 0 saturated carbocycles. The van der Waals surface area contributed by atoms with Crippen LogP contribution in [0.25, 0.3) is 0 Å². The molecule has 1 aliphatic rings. The molecule has 1 amide bonds. The van der Waals surface area contributed by atoms with Crippen molar-refractivity contribution in [1.82, 2.24) is 20.9 Å². The molecule has 0 spiro atoms. The lowest BCUT2D eigenvalue weighted by atomic mass is 10.1. The maximum atomic E-state index is 12.0. The molecule has 1 fully saturated rings. The molecule has 29 heavy (non-hydrogen) atoms. The largest absolute Gasteiger partial charge is 0.374 e. The molecule has 0 aromatic heterocycles. The molecule has 1 heterocycles. The lowest BCUT2D eigenvalue weighted by Crippen LogP contribution is -2.50. The number of carbonyl (C=O) groups excluding carboxylic acids is 1. The zero-order valence-corrected chi connectivity index (χ0v) is 18.3. The zero-order valence-electron chi connectivity index (χ0n) is 18.3.